The molecule has 1 aromatic carbocycles. The molecule has 0 fully saturated rings. The zero-order chi connectivity index (χ0) is 12.4. The molecule has 0 saturated heterocycles. The molecule has 0 radical (unpaired) electrons. The molecule has 0 aliphatic rings. The number of anilines is 1. The predicted molar refractivity (Wildman–Crippen MR) is 68.8 cm³/mol. The van der Waals surface area contributed by atoms with Crippen molar-refractivity contribution in [2.75, 3.05) is 5.73 Å². The molecule has 0 aliphatic carbocycles. The quantitative estimate of drug-likeness (QED) is 0.823. The number of hydrogen-bond donors (Lipinski definition) is 1. The van der Waals surface area contributed by atoms with E-state index in [0.29, 0.717) is 6.04 Å². The van der Waals surface area contributed by atoms with Gasteiger partial charge in [0.05, 0.1) is 0 Å². The maximum atomic E-state index is 5.77. The Morgan fingerprint density at radius 2 is 2.06 bits per heavy atom. The highest BCUT2D eigenvalue weighted by atomic mass is 15.3. The minimum absolute atomic E-state index is 0.376. The van der Waals surface area contributed by atoms with Gasteiger partial charge < -0.3 is 10.3 Å². The van der Waals surface area contributed by atoms with Gasteiger partial charge in [0.2, 0.25) is 0 Å². The zero-order valence-corrected chi connectivity index (χ0v) is 10.5. The third-order valence-corrected chi connectivity index (χ3v) is 2.77. The van der Waals surface area contributed by atoms with Crippen LogP contribution in [0.15, 0.2) is 24.3 Å². The molecule has 17 heavy (non-hydrogen) atoms. The summed E-state index contributed by atoms with van der Waals surface area (Å²) in [6.45, 7) is 6.26. The average Bonchev–Trinajstić information content (AvgIpc) is 2.59. The van der Waals surface area contributed by atoms with E-state index >= 15 is 0 Å². The van der Waals surface area contributed by atoms with Gasteiger partial charge in [-0.05, 0) is 38.5 Å². The number of nitrogens with zero attached hydrogens (tertiary/aromatic N) is 3. The molecule has 0 unspecified atom stereocenters. The van der Waals surface area contributed by atoms with Gasteiger partial charge in [0.25, 0.3) is 0 Å². The van der Waals surface area contributed by atoms with Gasteiger partial charge in [-0.15, -0.1) is 10.2 Å². The molecule has 1 aromatic heterocycles. The molecule has 4 heteroatoms. The lowest BCUT2D eigenvalue weighted by Gasteiger charge is -2.12. The molecule has 1 heterocycles. The average molecular weight is 230 g/mol. The van der Waals surface area contributed by atoms with Crippen molar-refractivity contribution in [2.45, 2.75) is 33.2 Å². The largest absolute Gasteiger partial charge is 0.399 e. The van der Waals surface area contributed by atoms with Crippen LogP contribution in [0.25, 0.3) is 0 Å². The Morgan fingerprint density at radius 3 is 2.71 bits per heavy atom. The maximum absolute atomic E-state index is 5.77. The summed E-state index contributed by atoms with van der Waals surface area (Å²) in [5, 5.41) is 8.37. The number of rotatable bonds is 3. The van der Waals surface area contributed by atoms with Gasteiger partial charge in [0.15, 0.2) is 0 Å². The van der Waals surface area contributed by atoms with Crippen molar-refractivity contribution in [3.8, 4) is 0 Å². The van der Waals surface area contributed by atoms with Crippen molar-refractivity contribution in [3.05, 3.63) is 41.5 Å². The third kappa shape index (κ3) is 2.46. The summed E-state index contributed by atoms with van der Waals surface area (Å²) in [5.74, 6) is 1.95. The summed E-state index contributed by atoms with van der Waals surface area (Å²) in [6, 6.07) is 8.27. The molecular weight excluding hydrogens is 212 g/mol. The monoisotopic (exact) mass is 230 g/mol. The summed E-state index contributed by atoms with van der Waals surface area (Å²) < 4.78 is 2.16. The van der Waals surface area contributed by atoms with Gasteiger partial charge in [-0.1, -0.05) is 12.1 Å². The fraction of sp³-hybridized carbons (Fsp3) is 0.385. The molecule has 0 saturated carbocycles. The summed E-state index contributed by atoms with van der Waals surface area (Å²) >= 11 is 0. The van der Waals surface area contributed by atoms with E-state index in [2.05, 4.69) is 34.7 Å². The fourth-order valence-corrected chi connectivity index (χ4v) is 2.09. The zero-order valence-electron chi connectivity index (χ0n) is 10.5. The minimum Gasteiger partial charge on any atom is -0.399 e. The molecule has 0 amide bonds. The Labute approximate surface area is 101 Å². The number of nitrogen functional groups attached to an aromatic ring is 1. The van der Waals surface area contributed by atoms with Crippen LogP contribution in [0.4, 0.5) is 5.69 Å². The van der Waals surface area contributed by atoms with Crippen molar-refractivity contribution in [1.29, 1.82) is 0 Å². The van der Waals surface area contributed by atoms with Crippen LogP contribution in [0.3, 0.4) is 0 Å². The van der Waals surface area contributed by atoms with Crippen LogP contribution in [0.1, 0.15) is 37.1 Å². The standard InChI is InChI=1S/C13H18N4/c1-9(2)17-10(3)15-16-13(17)8-11-5-4-6-12(14)7-11/h4-7,9H,8,14H2,1-3H3. The van der Waals surface area contributed by atoms with Crippen LogP contribution in [0, 0.1) is 6.92 Å². The van der Waals surface area contributed by atoms with E-state index in [1.807, 2.05) is 25.1 Å². The highest BCUT2D eigenvalue weighted by molar-refractivity contribution is 5.41. The van der Waals surface area contributed by atoms with Crippen molar-refractivity contribution < 1.29 is 0 Å². The molecule has 2 N–H and O–H groups in total. The number of aromatic nitrogens is 3. The molecule has 0 bridgehead atoms. The van der Waals surface area contributed by atoms with Crippen molar-refractivity contribution in [1.82, 2.24) is 14.8 Å². The van der Waals surface area contributed by atoms with Crippen LogP contribution >= 0.6 is 0 Å². The van der Waals surface area contributed by atoms with Gasteiger partial charge in [0, 0.05) is 18.2 Å². The molecule has 0 atom stereocenters. The smallest absolute Gasteiger partial charge is 0.137 e. The summed E-state index contributed by atoms with van der Waals surface area (Å²) in [5.41, 5.74) is 7.73. The lowest BCUT2D eigenvalue weighted by molar-refractivity contribution is 0.559. The van der Waals surface area contributed by atoms with Gasteiger partial charge >= 0.3 is 0 Å². The first-order chi connectivity index (χ1) is 8.08. The highest BCUT2D eigenvalue weighted by Gasteiger charge is 2.11. The van der Waals surface area contributed by atoms with Crippen molar-refractivity contribution in [2.24, 2.45) is 0 Å². The van der Waals surface area contributed by atoms with E-state index in [9.17, 15) is 0 Å². The maximum Gasteiger partial charge on any atom is 0.137 e. The lowest BCUT2D eigenvalue weighted by Crippen LogP contribution is -2.08. The van der Waals surface area contributed by atoms with E-state index in [1.165, 1.54) is 5.56 Å². The summed E-state index contributed by atoms with van der Waals surface area (Å²) in [6.07, 6.45) is 0.768. The topological polar surface area (TPSA) is 56.7 Å². The van der Waals surface area contributed by atoms with E-state index in [1.54, 1.807) is 0 Å². The molecule has 0 aliphatic heterocycles. The first kappa shape index (κ1) is 11.6. The first-order valence-electron chi connectivity index (χ1n) is 5.82. The van der Waals surface area contributed by atoms with E-state index in [0.717, 1.165) is 23.8 Å². The minimum atomic E-state index is 0.376. The highest BCUT2D eigenvalue weighted by Crippen LogP contribution is 2.15. The Morgan fingerprint density at radius 1 is 1.29 bits per heavy atom. The predicted octanol–water partition coefficient (Wildman–Crippen LogP) is 2.34. The fourth-order valence-electron chi connectivity index (χ4n) is 2.09. The van der Waals surface area contributed by atoms with E-state index < -0.39 is 0 Å². The first-order valence-corrected chi connectivity index (χ1v) is 5.82. The van der Waals surface area contributed by atoms with Crippen molar-refractivity contribution >= 4 is 5.69 Å². The second-order valence-corrected chi connectivity index (χ2v) is 4.55. The molecule has 0 spiro atoms. The second-order valence-electron chi connectivity index (χ2n) is 4.55. The number of nitrogens with two attached hydrogens (primary N) is 1. The number of benzene rings is 1. The van der Waals surface area contributed by atoms with E-state index in [-0.39, 0.29) is 0 Å². The molecule has 4 nitrogen and oxygen atoms in total. The Bertz CT molecular complexity index is 514. The normalized spacial score (nSPS) is 11.1. The molecule has 90 valence electrons. The summed E-state index contributed by atoms with van der Waals surface area (Å²) in [4.78, 5) is 0. The Balaban J connectivity index is 2.30. The van der Waals surface area contributed by atoms with Crippen LogP contribution in [0.2, 0.25) is 0 Å². The molecule has 2 rings (SSSR count). The Kier molecular flexibility index (Phi) is 3.13. The molecular formula is C13H18N4. The second kappa shape index (κ2) is 4.57. The van der Waals surface area contributed by atoms with Crippen LogP contribution in [-0.2, 0) is 6.42 Å². The van der Waals surface area contributed by atoms with Crippen LogP contribution < -0.4 is 5.73 Å². The van der Waals surface area contributed by atoms with Gasteiger partial charge in [-0.3, -0.25) is 0 Å². The lowest BCUT2D eigenvalue weighted by atomic mass is 10.1. The van der Waals surface area contributed by atoms with Crippen LogP contribution in [0.5, 0.6) is 0 Å². The SMILES string of the molecule is Cc1nnc(Cc2cccc(N)c2)n1C(C)C. The number of hydrogen-bond acceptors (Lipinski definition) is 3. The molecule has 2 aromatic rings. The van der Waals surface area contributed by atoms with Gasteiger partial charge in [0.1, 0.15) is 11.6 Å². The summed E-state index contributed by atoms with van der Waals surface area (Å²) in [7, 11) is 0. The Hall–Kier alpha value is -1.84. The van der Waals surface area contributed by atoms with Gasteiger partial charge in [-0.25, -0.2) is 0 Å². The van der Waals surface area contributed by atoms with Crippen LogP contribution in [-0.4, -0.2) is 14.8 Å². The van der Waals surface area contributed by atoms with Gasteiger partial charge in [-0.2, -0.15) is 0 Å². The number of aryl methyl sites for hydroxylation is 1. The van der Waals surface area contributed by atoms with E-state index in [4.69, 9.17) is 5.73 Å². The third-order valence-electron chi connectivity index (χ3n) is 2.77. The van der Waals surface area contributed by atoms with Crippen molar-refractivity contribution in [3.63, 3.8) is 0 Å².